The van der Waals surface area contributed by atoms with E-state index in [1.165, 1.54) is 4.73 Å². The molecule has 1 aliphatic heterocycles. The Bertz CT molecular complexity index is 1290. The molecule has 0 saturated carbocycles. The van der Waals surface area contributed by atoms with Crippen LogP contribution in [0.5, 0.6) is 0 Å². The predicted octanol–water partition coefficient (Wildman–Crippen LogP) is 2.53. The third kappa shape index (κ3) is 4.59. The Labute approximate surface area is 206 Å². The Morgan fingerprint density at radius 3 is 2.59 bits per heavy atom. The third-order valence-electron chi connectivity index (χ3n) is 6.11. The van der Waals surface area contributed by atoms with Crippen LogP contribution in [0, 0.1) is 0 Å². The van der Waals surface area contributed by atoms with Crippen LogP contribution < -0.4 is 14.9 Å². The van der Waals surface area contributed by atoms with Crippen LogP contribution in [0.2, 0.25) is 6.82 Å². The van der Waals surface area contributed by atoms with E-state index < -0.39 is 7.05 Å². The topological polar surface area (TPSA) is 93.0 Å². The van der Waals surface area contributed by atoms with Gasteiger partial charge in [-0.15, -0.1) is 0 Å². The van der Waals surface area contributed by atoms with Gasteiger partial charge in [0.15, 0.2) is 5.65 Å². The molecule has 174 valence electrons. The van der Waals surface area contributed by atoms with E-state index in [9.17, 15) is 10.2 Å². The molecule has 0 spiro atoms. The van der Waals surface area contributed by atoms with Crippen LogP contribution in [0.25, 0.3) is 16.9 Å². The summed E-state index contributed by atoms with van der Waals surface area (Å²) in [7, 11) is -0.450. The number of anilines is 2. The average Bonchev–Trinajstić information content (AvgIpc) is 3.24. The van der Waals surface area contributed by atoms with E-state index in [4.69, 9.17) is 4.98 Å². The Balaban J connectivity index is 1.34. The first-order chi connectivity index (χ1) is 16.5. The van der Waals surface area contributed by atoms with Crippen molar-refractivity contribution < 1.29 is 15.0 Å². The highest BCUT2D eigenvalue weighted by Gasteiger charge is 2.28. The van der Waals surface area contributed by atoms with Crippen LogP contribution in [0.15, 0.2) is 65.4 Å². The molecule has 5 rings (SSSR count). The fourth-order valence-electron chi connectivity index (χ4n) is 4.22. The van der Waals surface area contributed by atoms with Crippen LogP contribution >= 0.6 is 15.9 Å². The molecule has 0 unspecified atom stereocenters. The summed E-state index contributed by atoms with van der Waals surface area (Å²) in [6.07, 6.45) is 3.45. The monoisotopic (exact) mass is 522 g/mol. The van der Waals surface area contributed by atoms with Gasteiger partial charge in [0.25, 0.3) is 0 Å². The standard InChI is InChI=1S/C23H26BBrN7O2/c1-24(33)30-11-9-29(10-12-30)22-8-7-17(16-31(22)34)14-26-21-13-20(18-5-3-2-4-6-18)28-23-19(25)15-27-32(21)23/h2-8,13,15-16,26,33-34H,9-12,14H2,1H3/q+1. The summed E-state index contributed by atoms with van der Waals surface area (Å²) < 4.78 is 3.76. The van der Waals surface area contributed by atoms with Crippen LogP contribution in [-0.4, -0.2) is 62.9 Å². The van der Waals surface area contributed by atoms with Crippen molar-refractivity contribution in [1.82, 2.24) is 19.4 Å². The molecule has 0 amide bonds. The van der Waals surface area contributed by atoms with Gasteiger partial charge in [-0.25, -0.2) is 4.98 Å². The summed E-state index contributed by atoms with van der Waals surface area (Å²) in [4.78, 5) is 8.90. The molecule has 0 atom stereocenters. The van der Waals surface area contributed by atoms with Gasteiger partial charge in [-0.3, -0.25) is 4.90 Å². The van der Waals surface area contributed by atoms with E-state index >= 15 is 0 Å². The first-order valence-corrected chi connectivity index (χ1v) is 12.0. The lowest BCUT2D eigenvalue weighted by atomic mass is 9.84. The lowest BCUT2D eigenvalue weighted by Gasteiger charge is -2.31. The number of piperazine rings is 1. The number of rotatable bonds is 6. The van der Waals surface area contributed by atoms with E-state index in [1.54, 1.807) is 23.7 Å². The number of hydrogen-bond donors (Lipinski definition) is 3. The van der Waals surface area contributed by atoms with Crippen molar-refractivity contribution in [3.05, 3.63) is 71.0 Å². The smallest absolute Gasteiger partial charge is 0.376 e. The fourth-order valence-corrected chi connectivity index (χ4v) is 4.56. The van der Waals surface area contributed by atoms with Crippen molar-refractivity contribution in [1.29, 1.82) is 0 Å². The van der Waals surface area contributed by atoms with Gasteiger partial charge in [-0.1, -0.05) is 35.1 Å². The normalized spacial score (nSPS) is 14.5. The van der Waals surface area contributed by atoms with Crippen LogP contribution in [0.4, 0.5) is 11.6 Å². The molecule has 0 aliphatic carbocycles. The quantitative estimate of drug-likeness (QED) is 0.203. The number of nitrogens with zero attached hydrogens (tertiary/aromatic N) is 6. The lowest BCUT2D eigenvalue weighted by Crippen LogP contribution is -2.54. The molecule has 1 fully saturated rings. The van der Waals surface area contributed by atoms with Gasteiger partial charge in [0, 0.05) is 42.9 Å². The molecule has 34 heavy (non-hydrogen) atoms. The van der Waals surface area contributed by atoms with Gasteiger partial charge in [0.2, 0.25) is 0 Å². The van der Waals surface area contributed by atoms with Crippen molar-refractivity contribution in [3.63, 3.8) is 0 Å². The zero-order valence-corrected chi connectivity index (χ0v) is 20.4. The van der Waals surface area contributed by atoms with Crippen molar-refractivity contribution >= 4 is 40.3 Å². The molecule has 4 aromatic rings. The maximum atomic E-state index is 10.6. The van der Waals surface area contributed by atoms with Gasteiger partial charge < -0.3 is 20.4 Å². The Morgan fingerprint density at radius 2 is 1.88 bits per heavy atom. The molecule has 1 saturated heterocycles. The van der Waals surface area contributed by atoms with Gasteiger partial charge in [-0.2, -0.15) is 9.61 Å². The highest BCUT2D eigenvalue weighted by atomic mass is 79.9. The van der Waals surface area contributed by atoms with Crippen molar-refractivity contribution in [2.75, 3.05) is 36.4 Å². The minimum atomic E-state index is -0.450. The molecule has 3 N–H and O–H groups in total. The number of aromatic nitrogens is 4. The van der Waals surface area contributed by atoms with Gasteiger partial charge in [0.1, 0.15) is 12.0 Å². The number of pyridine rings is 1. The minimum Gasteiger partial charge on any atom is -0.437 e. The van der Waals surface area contributed by atoms with Crippen LogP contribution in [-0.2, 0) is 6.54 Å². The van der Waals surface area contributed by atoms with Crippen molar-refractivity contribution in [2.24, 2.45) is 0 Å². The number of benzene rings is 1. The molecule has 1 aromatic carbocycles. The first kappa shape index (κ1) is 22.6. The minimum absolute atomic E-state index is 0.450. The highest BCUT2D eigenvalue weighted by molar-refractivity contribution is 9.10. The zero-order chi connectivity index (χ0) is 23.7. The van der Waals surface area contributed by atoms with Gasteiger partial charge in [-0.05, 0) is 28.8 Å². The molecule has 3 aromatic heterocycles. The molecule has 0 radical (unpaired) electrons. The lowest BCUT2D eigenvalue weighted by molar-refractivity contribution is -0.894. The number of fused-ring (bicyclic) bond motifs is 1. The average molecular weight is 523 g/mol. The predicted molar refractivity (Wildman–Crippen MR) is 135 cm³/mol. The maximum absolute atomic E-state index is 10.6. The Morgan fingerprint density at radius 1 is 1.12 bits per heavy atom. The summed E-state index contributed by atoms with van der Waals surface area (Å²) in [5.74, 6) is 1.54. The van der Waals surface area contributed by atoms with Gasteiger partial charge >= 0.3 is 12.9 Å². The molecular weight excluding hydrogens is 497 g/mol. The largest absolute Gasteiger partial charge is 0.437 e. The molecule has 0 bridgehead atoms. The second-order valence-electron chi connectivity index (χ2n) is 8.37. The van der Waals surface area contributed by atoms with Crippen molar-refractivity contribution in [3.8, 4) is 11.3 Å². The van der Waals surface area contributed by atoms with E-state index in [1.807, 2.05) is 53.3 Å². The number of hydrogen-bond acceptors (Lipinski definition) is 7. The molecular formula is C23H26BBrN7O2+. The van der Waals surface area contributed by atoms with E-state index in [2.05, 4.69) is 31.2 Å². The summed E-state index contributed by atoms with van der Waals surface area (Å²) in [5.41, 5.74) is 3.52. The van der Waals surface area contributed by atoms with E-state index in [-0.39, 0.29) is 0 Å². The number of halogens is 1. The van der Waals surface area contributed by atoms with Crippen LogP contribution in [0.3, 0.4) is 0 Å². The summed E-state index contributed by atoms with van der Waals surface area (Å²) in [6.45, 7) is 5.28. The third-order valence-corrected chi connectivity index (χ3v) is 6.67. The Hall–Kier alpha value is -3.15. The molecule has 4 heterocycles. The molecule has 11 heteroatoms. The van der Waals surface area contributed by atoms with E-state index in [0.29, 0.717) is 6.54 Å². The van der Waals surface area contributed by atoms with E-state index in [0.717, 1.165) is 64.8 Å². The summed E-state index contributed by atoms with van der Waals surface area (Å²) >= 11 is 3.54. The molecule has 9 nitrogen and oxygen atoms in total. The second kappa shape index (κ2) is 9.61. The second-order valence-corrected chi connectivity index (χ2v) is 9.22. The SMILES string of the molecule is CB(O)N1CCN(c2ccc(CNc3cc(-c4ccccc4)nc4c(Br)cnn34)c[n+]2O)CC1. The zero-order valence-electron chi connectivity index (χ0n) is 18.8. The number of nitrogens with one attached hydrogen (secondary N) is 1. The summed E-state index contributed by atoms with van der Waals surface area (Å²) in [6, 6.07) is 15.9. The summed E-state index contributed by atoms with van der Waals surface area (Å²) in [5, 5.41) is 28.3. The Kier molecular flexibility index (Phi) is 6.40. The van der Waals surface area contributed by atoms with Crippen LogP contribution in [0.1, 0.15) is 5.56 Å². The highest BCUT2D eigenvalue weighted by Crippen LogP contribution is 2.26. The maximum Gasteiger partial charge on any atom is 0.376 e. The van der Waals surface area contributed by atoms with Crippen molar-refractivity contribution in [2.45, 2.75) is 13.4 Å². The first-order valence-electron chi connectivity index (χ1n) is 11.2. The van der Waals surface area contributed by atoms with Gasteiger partial charge in [0.05, 0.1) is 29.5 Å². The molecule has 1 aliphatic rings. The fraction of sp³-hybridized carbons (Fsp3) is 0.261.